The van der Waals surface area contributed by atoms with E-state index in [4.69, 9.17) is 9.47 Å². The molecule has 33 heavy (non-hydrogen) atoms. The summed E-state index contributed by atoms with van der Waals surface area (Å²) in [6, 6.07) is 0. The number of halogens is 2. The van der Waals surface area contributed by atoms with E-state index in [1.165, 1.54) is 14.0 Å². The van der Waals surface area contributed by atoms with Gasteiger partial charge in [-0.1, -0.05) is 20.8 Å². The first-order valence-electron chi connectivity index (χ1n) is 13.0. The first-order chi connectivity index (χ1) is 15.4. The van der Waals surface area contributed by atoms with Gasteiger partial charge in [0.15, 0.2) is 0 Å². The number of methoxy groups -OCH3 is 1. The normalized spacial score (nSPS) is 44.7. The van der Waals surface area contributed by atoms with E-state index in [-0.39, 0.29) is 41.2 Å². The smallest absolute Gasteiger partial charge is 0.305 e. The Morgan fingerprint density at radius 1 is 1.03 bits per heavy atom. The van der Waals surface area contributed by atoms with Crippen molar-refractivity contribution in [2.75, 3.05) is 7.11 Å². The molecule has 0 bridgehead atoms. The van der Waals surface area contributed by atoms with Crippen LogP contribution in [0.25, 0.3) is 0 Å². The number of fused-ring (bicyclic) bond motifs is 5. The van der Waals surface area contributed by atoms with E-state index in [0.29, 0.717) is 42.9 Å². The monoisotopic (exact) mass is 468 g/mol. The van der Waals surface area contributed by atoms with Crippen molar-refractivity contribution in [2.45, 2.75) is 104 Å². The Morgan fingerprint density at radius 3 is 2.36 bits per heavy atom. The third-order valence-electron chi connectivity index (χ3n) is 10.7. The summed E-state index contributed by atoms with van der Waals surface area (Å²) in [7, 11) is 1.43. The predicted molar refractivity (Wildman–Crippen MR) is 122 cm³/mol. The van der Waals surface area contributed by atoms with Crippen molar-refractivity contribution >= 4 is 11.9 Å². The molecule has 0 aromatic rings. The zero-order valence-corrected chi connectivity index (χ0v) is 21.0. The summed E-state index contributed by atoms with van der Waals surface area (Å²) >= 11 is 0. The van der Waals surface area contributed by atoms with Crippen molar-refractivity contribution in [1.82, 2.24) is 0 Å². The zero-order chi connectivity index (χ0) is 24.2. The van der Waals surface area contributed by atoms with Crippen LogP contribution in [0, 0.1) is 46.3 Å². The van der Waals surface area contributed by atoms with Gasteiger partial charge < -0.3 is 9.47 Å². The summed E-state index contributed by atoms with van der Waals surface area (Å²) in [5.41, 5.74) is -0.316. The van der Waals surface area contributed by atoms with Crippen LogP contribution in [0.15, 0.2) is 0 Å². The molecule has 4 rings (SSSR count). The molecule has 0 heterocycles. The minimum Gasteiger partial charge on any atom is -0.469 e. The lowest BCUT2D eigenvalue weighted by Crippen LogP contribution is -2.60. The van der Waals surface area contributed by atoms with Gasteiger partial charge in [0.1, 0.15) is 6.10 Å². The van der Waals surface area contributed by atoms with Gasteiger partial charge in [0.05, 0.1) is 7.11 Å². The molecular weight excluding hydrogens is 426 g/mol. The van der Waals surface area contributed by atoms with Gasteiger partial charge >= 0.3 is 11.9 Å². The van der Waals surface area contributed by atoms with Crippen LogP contribution >= 0.6 is 0 Å². The van der Waals surface area contributed by atoms with Crippen molar-refractivity contribution in [2.24, 2.45) is 46.3 Å². The predicted octanol–water partition coefficient (Wildman–Crippen LogP) is 6.41. The van der Waals surface area contributed by atoms with E-state index in [1.807, 2.05) is 0 Å². The van der Waals surface area contributed by atoms with E-state index in [2.05, 4.69) is 20.8 Å². The Balaban J connectivity index is 1.53. The Hall–Kier alpha value is -1.20. The van der Waals surface area contributed by atoms with Gasteiger partial charge in [-0.3, -0.25) is 9.59 Å². The summed E-state index contributed by atoms with van der Waals surface area (Å²) in [6.07, 6.45) is 6.76. The fourth-order valence-corrected chi connectivity index (χ4v) is 9.21. The standard InChI is InChI=1S/C27H42F2O4/c1-16(6-9-24(31)32-5)20-7-8-21-19-15-27(28,29)23-14-18(33-17(2)30)10-12-26(23,4)22(19)11-13-25(20,21)3/h16,18-23H,6-15H2,1-5H3. The molecule has 0 radical (unpaired) electrons. The van der Waals surface area contributed by atoms with Crippen molar-refractivity contribution in [1.29, 1.82) is 0 Å². The molecule has 4 aliphatic carbocycles. The third-order valence-corrected chi connectivity index (χ3v) is 10.7. The molecule has 0 aliphatic heterocycles. The Morgan fingerprint density at radius 2 is 1.70 bits per heavy atom. The number of carbonyl (C=O) groups is 2. The Labute approximate surface area is 197 Å². The number of rotatable bonds is 5. The number of esters is 2. The van der Waals surface area contributed by atoms with Gasteiger partial charge in [-0.05, 0) is 91.8 Å². The third kappa shape index (κ3) is 4.22. The minimum atomic E-state index is -2.72. The van der Waals surface area contributed by atoms with Crippen LogP contribution in [-0.4, -0.2) is 31.1 Å². The lowest BCUT2D eigenvalue weighted by molar-refractivity contribution is -0.237. The van der Waals surface area contributed by atoms with Crippen LogP contribution in [0.4, 0.5) is 8.78 Å². The molecule has 0 amide bonds. The molecule has 9 atom stereocenters. The quantitative estimate of drug-likeness (QED) is 0.438. The number of carbonyl (C=O) groups excluding carboxylic acids is 2. The average Bonchev–Trinajstić information content (AvgIpc) is 3.09. The summed E-state index contributed by atoms with van der Waals surface area (Å²) < 4.78 is 41.7. The van der Waals surface area contributed by atoms with Gasteiger partial charge in [0.2, 0.25) is 0 Å². The molecule has 6 heteroatoms. The molecule has 4 saturated carbocycles. The largest absolute Gasteiger partial charge is 0.469 e. The van der Waals surface area contributed by atoms with Crippen molar-refractivity contribution < 1.29 is 27.8 Å². The highest BCUT2D eigenvalue weighted by atomic mass is 19.3. The number of hydrogen-bond donors (Lipinski definition) is 0. The second kappa shape index (κ2) is 8.78. The molecule has 4 nitrogen and oxygen atoms in total. The van der Waals surface area contributed by atoms with Gasteiger partial charge in [-0.25, -0.2) is 8.78 Å². The summed E-state index contributed by atoms with van der Waals surface area (Å²) in [5.74, 6) is -2.38. The van der Waals surface area contributed by atoms with Crippen molar-refractivity contribution in [3.8, 4) is 0 Å². The van der Waals surface area contributed by atoms with E-state index in [0.717, 1.165) is 38.5 Å². The second-order valence-corrected chi connectivity index (χ2v) is 12.2. The van der Waals surface area contributed by atoms with Crippen LogP contribution in [0.5, 0.6) is 0 Å². The highest BCUT2D eigenvalue weighted by Crippen LogP contribution is 2.70. The fourth-order valence-electron chi connectivity index (χ4n) is 9.21. The molecule has 9 unspecified atom stereocenters. The maximum atomic E-state index is 15.8. The number of alkyl halides is 2. The number of ether oxygens (including phenoxy) is 2. The maximum Gasteiger partial charge on any atom is 0.305 e. The number of hydrogen-bond acceptors (Lipinski definition) is 4. The first-order valence-corrected chi connectivity index (χ1v) is 13.0. The van der Waals surface area contributed by atoms with E-state index in [1.54, 1.807) is 0 Å². The van der Waals surface area contributed by atoms with Crippen LogP contribution in [-0.2, 0) is 19.1 Å². The summed E-state index contributed by atoms with van der Waals surface area (Å²) in [4.78, 5) is 23.1. The summed E-state index contributed by atoms with van der Waals surface area (Å²) in [5, 5.41) is 0. The molecule has 0 aromatic heterocycles. The average molecular weight is 469 g/mol. The van der Waals surface area contributed by atoms with Gasteiger partial charge in [-0.2, -0.15) is 0 Å². The van der Waals surface area contributed by atoms with Crippen LogP contribution in [0.1, 0.15) is 91.9 Å². The van der Waals surface area contributed by atoms with Gasteiger partial charge in [-0.15, -0.1) is 0 Å². The topological polar surface area (TPSA) is 52.6 Å². The highest BCUT2D eigenvalue weighted by molar-refractivity contribution is 5.69. The van der Waals surface area contributed by atoms with Gasteiger partial charge in [0.25, 0.3) is 5.92 Å². The molecule has 0 aromatic carbocycles. The molecule has 4 fully saturated rings. The minimum absolute atomic E-state index is 0.0196. The van der Waals surface area contributed by atoms with Crippen molar-refractivity contribution in [3.63, 3.8) is 0 Å². The Bertz CT molecular complexity index is 769. The maximum absolute atomic E-state index is 15.8. The molecule has 0 spiro atoms. The molecule has 0 saturated heterocycles. The molecule has 188 valence electrons. The fraction of sp³-hybridized carbons (Fsp3) is 0.926. The van der Waals surface area contributed by atoms with Gasteiger partial charge in [0, 0.05) is 25.7 Å². The van der Waals surface area contributed by atoms with E-state index < -0.39 is 11.8 Å². The first kappa shape index (κ1) is 24.9. The highest BCUT2D eigenvalue weighted by Gasteiger charge is 2.67. The van der Waals surface area contributed by atoms with E-state index in [9.17, 15) is 9.59 Å². The summed E-state index contributed by atoms with van der Waals surface area (Å²) in [6.45, 7) is 8.06. The second-order valence-electron chi connectivity index (χ2n) is 12.2. The molecule has 4 aliphatic rings. The van der Waals surface area contributed by atoms with E-state index >= 15 is 8.78 Å². The lowest BCUT2D eigenvalue weighted by Gasteiger charge is -2.63. The van der Waals surface area contributed by atoms with Crippen LogP contribution in [0.3, 0.4) is 0 Å². The Kier molecular flexibility index (Phi) is 6.63. The molecule has 0 N–H and O–H groups in total. The lowest BCUT2D eigenvalue weighted by atomic mass is 9.43. The van der Waals surface area contributed by atoms with Crippen LogP contribution in [0.2, 0.25) is 0 Å². The SMILES string of the molecule is COC(=O)CCC(C)C1CCC2C3CC(F)(F)C4CC(OC(C)=O)CCC4(C)C3CCC12C. The van der Waals surface area contributed by atoms with Crippen molar-refractivity contribution in [3.05, 3.63) is 0 Å². The zero-order valence-electron chi connectivity index (χ0n) is 21.0. The molecular formula is C27H42F2O4. The van der Waals surface area contributed by atoms with Crippen LogP contribution < -0.4 is 0 Å².